The van der Waals surface area contributed by atoms with Crippen LogP contribution >= 0.6 is 0 Å². The molecular formula is C13H25N3O. The first kappa shape index (κ1) is 12.8. The van der Waals surface area contributed by atoms with Gasteiger partial charge in [-0.05, 0) is 51.2 Å². The average Bonchev–Trinajstić information content (AvgIpc) is 2.78. The first-order valence-electron chi connectivity index (χ1n) is 6.92. The number of hydrogen-bond donors (Lipinski definition) is 2. The van der Waals surface area contributed by atoms with Gasteiger partial charge in [-0.1, -0.05) is 6.92 Å². The van der Waals surface area contributed by atoms with Crippen molar-refractivity contribution in [3.8, 4) is 0 Å². The van der Waals surface area contributed by atoms with Crippen molar-refractivity contribution in [2.75, 3.05) is 26.2 Å². The number of carbonyl (C=O) groups excluding carboxylic acids is 1. The minimum atomic E-state index is -0.169. The lowest BCUT2D eigenvalue weighted by atomic mass is 9.90. The van der Waals surface area contributed by atoms with E-state index in [1.807, 2.05) is 6.92 Å². The van der Waals surface area contributed by atoms with Crippen LogP contribution in [0.3, 0.4) is 0 Å². The fourth-order valence-electron chi connectivity index (χ4n) is 3.26. The van der Waals surface area contributed by atoms with Crippen molar-refractivity contribution in [3.63, 3.8) is 0 Å². The maximum Gasteiger partial charge on any atom is 0.221 e. The molecule has 0 aromatic carbocycles. The molecule has 0 saturated carbocycles. The predicted octanol–water partition coefficient (Wildman–Crippen LogP) is 0.572. The maximum atomic E-state index is 11.2. The lowest BCUT2D eigenvalue weighted by Gasteiger charge is -2.35. The van der Waals surface area contributed by atoms with Crippen molar-refractivity contribution in [3.05, 3.63) is 0 Å². The number of piperidine rings is 1. The van der Waals surface area contributed by atoms with E-state index in [9.17, 15) is 4.79 Å². The summed E-state index contributed by atoms with van der Waals surface area (Å²) in [7, 11) is 0. The van der Waals surface area contributed by atoms with Gasteiger partial charge in [0.15, 0.2) is 0 Å². The minimum Gasteiger partial charge on any atom is -0.369 e. The van der Waals surface area contributed by atoms with Crippen LogP contribution in [0, 0.1) is 11.8 Å². The summed E-state index contributed by atoms with van der Waals surface area (Å²) >= 11 is 0. The Labute approximate surface area is 104 Å². The van der Waals surface area contributed by atoms with Crippen LogP contribution in [0.5, 0.6) is 0 Å². The molecule has 0 aromatic heterocycles. The molecular weight excluding hydrogens is 214 g/mol. The molecule has 0 aliphatic carbocycles. The summed E-state index contributed by atoms with van der Waals surface area (Å²) in [6.07, 6.45) is 5.18. The standard InChI is InChI=1S/C13H25N3O/c1-10(13(14)17)9-16-7-3-5-12(16)11-4-2-6-15-8-11/h10-12,15H,2-9H2,1H3,(H2,14,17). The molecule has 4 heteroatoms. The highest BCUT2D eigenvalue weighted by Crippen LogP contribution is 2.28. The maximum absolute atomic E-state index is 11.2. The number of rotatable bonds is 4. The second kappa shape index (κ2) is 5.83. The molecule has 0 aromatic rings. The Bertz CT molecular complexity index is 263. The van der Waals surface area contributed by atoms with Crippen molar-refractivity contribution >= 4 is 5.91 Å². The van der Waals surface area contributed by atoms with E-state index in [0.29, 0.717) is 6.04 Å². The van der Waals surface area contributed by atoms with Crippen LogP contribution in [-0.4, -0.2) is 43.0 Å². The number of nitrogens with zero attached hydrogens (tertiary/aromatic N) is 1. The quantitative estimate of drug-likeness (QED) is 0.754. The second-order valence-electron chi connectivity index (χ2n) is 5.61. The zero-order valence-corrected chi connectivity index (χ0v) is 10.8. The molecule has 17 heavy (non-hydrogen) atoms. The molecule has 0 radical (unpaired) electrons. The lowest BCUT2D eigenvalue weighted by molar-refractivity contribution is -0.122. The molecule has 2 rings (SSSR count). The smallest absolute Gasteiger partial charge is 0.221 e. The lowest BCUT2D eigenvalue weighted by Crippen LogP contribution is -2.45. The molecule has 0 spiro atoms. The van der Waals surface area contributed by atoms with Crippen LogP contribution in [0.2, 0.25) is 0 Å². The number of primary amides is 1. The van der Waals surface area contributed by atoms with Crippen molar-refractivity contribution in [1.82, 2.24) is 10.2 Å². The average molecular weight is 239 g/mol. The highest BCUT2D eigenvalue weighted by atomic mass is 16.1. The molecule has 1 amide bonds. The highest BCUT2D eigenvalue weighted by Gasteiger charge is 2.33. The molecule has 3 unspecified atom stereocenters. The van der Waals surface area contributed by atoms with Crippen LogP contribution < -0.4 is 11.1 Å². The first-order chi connectivity index (χ1) is 8.18. The molecule has 2 aliphatic rings. The second-order valence-corrected chi connectivity index (χ2v) is 5.61. The van der Waals surface area contributed by atoms with Crippen molar-refractivity contribution in [2.24, 2.45) is 17.6 Å². The van der Waals surface area contributed by atoms with Crippen LogP contribution in [-0.2, 0) is 4.79 Å². The third-order valence-electron chi connectivity index (χ3n) is 4.29. The molecule has 3 atom stereocenters. The van der Waals surface area contributed by atoms with Crippen LogP contribution in [0.25, 0.3) is 0 Å². The third kappa shape index (κ3) is 3.19. The predicted molar refractivity (Wildman–Crippen MR) is 68.5 cm³/mol. The fraction of sp³-hybridized carbons (Fsp3) is 0.923. The number of amides is 1. The zero-order chi connectivity index (χ0) is 12.3. The van der Waals surface area contributed by atoms with E-state index in [1.54, 1.807) is 0 Å². The molecule has 2 heterocycles. The Kier molecular flexibility index (Phi) is 4.40. The van der Waals surface area contributed by atoms with Crippen molar-refractivity contribution in [1.29, 1.82) is 0 Å². The van der Waals surface area contributed by atoms with Crippen LogP contribution in [0.15, 0.2) is 0 Å². The Morgan fingerprint density at radius 3 is 2.94 bits per heavy atom. The normalized spacial score (nSPS) is 32.5. The van der Waals surface area contributed by atoms with Gasteiger partial charge in [-0.2, -0.15) is 0 Å². The van der Waals surface area contributed by atoms with E-state index in [4.69, 9.17) is 5.73 Å². The van der Waals surface area contributed by atoms with Gasteiger partial charge in [0.25, 0.3) is 0 Å². The number of nitrogens with one attached hydrogen (secondary N) is 1. The van der Waals surface area contributed by atoms with Crippen molar-refractivity contribution < 1.29 is 4.79 Å². The van der Waals surface area contributed by atoms with Gasteiger partial charge in [0, 0.05) is 18.5 Å². The summed E-state index contributed by atoms with van der Waals surface area (Å²) in [6, 6.07) is 0.671. The Hall–Kier alpha value is -0.610. The van der Waals surface area contributed by atoms with E-state index in [0.717, 1.165) is 25.6 Å². The molecule has 4 nitrogen and oxygen atoms in total. The molecule has 2 saturated heterocycles. The van der Waals surface area contributed by atoms with Gasteiger partial charge in [0.1, 0.15) is 0 Å². The molecule has 0 bridgehead atoms. The zero-order valence-electron chi connectivity index (χ0n) is 10.8. The summed E-state index contributed by atoms with van der Waals surface area (Å²) < 4.78 is 0. The topological polar surface area (TPSA) is 58.4 Å². The van der Waals surface area contributed by atoms with Gasteiger partial charge in [0.2, 0.25) is 5.91 Å². The summed E-state index contributed by atoms with van der Waals surface area (Å²) in [6.45, 7) is 6.24. The summed E-state index contributed by atoms with van der Waals surface area (Å²) in [5.74, 6) is 0.580. The van der Waals surface area contributed by atoms with E-state index in [1.165, 1.54) is 32.2 Å². The van der Waals surface area contributed by atoms with Gasteiger partial charge in [-0.3, -0.25) is 9.69 Å². The Morgan fingerprint density at radius 2 is 2.29 bits per heavy atom. The van der Waals surface area contributed by atoms with Gasteiger partial charge in [-0.25, -0.2) is 0 Å². The van der Waals surface area contributed by atoms with Gasteiger partial charge >= 0.3 is 0 Å². The SMILES string of the molecule is CC(CN1CCCC1C1CCCNC1)C(N)=O. The van der Waals surface area contributed by atoms with Gasteiger partial charge < -0.3 is 11.1 Å². The Morgan fingerprint density at radius 1 is 1.47 bits per heavy atom. The highest BCUT2D eigenvalue weighted by molar-refractivity contribution is 5.76. The first-order valence-corrected chi connectivity index (χ1v) is 6.92. The van der Waals surface area contributed by atoms with E-state index < -0.39 is 0 Å². The molecule has 3 N–H and O–H groups in total. The van der Waals surface area contributed by atoms with Crippen LogP contribution in [0.4, 0.5) is 0 Å². The summed E-state index contributed by atoms with van der Waals surface area (Å²) in [4.78, 5) is 13.6. The molecule has 98 valence electrons. The molecule has 2 fully saturated rings. The number of likely N-dealkylation sites (tertiary alicyclic amines) is 1. The molecule has 2 aliphatic heterocycles. The minimum absolute atomic E-state index is 0.0212. The summed E-state index contributed by atoms with van der Waals surface area (Å²) in [5, 5.41) is 3.49. The number of nitrogens with two attached hydrogens (primary N) is 1. The fourth-order valence-corrected chi connectivity index (χ4v) is 3.26. The van der Waals surface area contributed by atoms with E-state index in [-0.39, 0.29) is 11.8 Å². The van der Waals surface area contributed by atoms with E-state index >= 15 is 0 Å². The number of carbonyl (C=O) groups is 1. The number of hydrogen-bond acceptors (Lipinski definition) is 3. The third-order valence-corrected chi connectivity index (χ3v) is 4.29. The summed E-state index contributed by atoms with van der Waals surface area (Å²) in [5.41, 5.74) is 5.36. The van der Waals surface area contributed by atoms with Gasteiger partial charge in [0.05, 0.1) is 0 Å². The largest absolute Gasteiger partial charge is 0.369 e. The van der Waals surface area contributed by atoms with Gasteiger partial charge in [-0.15, -0.1) is 0 Å². The van der Waals surface area contributed by atoms with Crippen molar-refractivity contribution in [2.45, 2.75) is 38.6 Å². The monoisotopic (exact) mass is 239 g/mol. The Balaban J connectivity index is 1.89. The van der Waals surface area contributed by atoms with E-state index in [2.05, 4.69) is 10.2 Å². The van der Waals surface area contributed by atoms with Crippen LogP contribution in [0.1, 0.15) is 32.6 Å².